The first-order valence-corrected chi connectivity index (χ1v) is 5.45. The fraction of sp³-hybridized carbons (Fsp3) is 0.250. The number of aryl methyl sites for hydroxylation is 1. The predicted molar refractivity (Wildman–Crippen MR) is 53.1 cm³/mol. The summed E-state index contributed by atoms with van der Waals surface area (Å²) in [5.74, 6) is 0. The van der Waals surface area contributed by atoms with E-state index in [2.05, 4.69) is 0 Å². The lowest BCUT2D eigenvalue weighted by Gasteiger charge is -2.01. The second kappa shape index (κ2) is 4.26. The highest BCUT2D eigenvalue weighted by atomic mass is 35.5. The lowest BCUT2D eigenvalue weighted by Crippen LogP contribution is -1.99. The highest BCUT2D eigenvalue weighted by Crippen LogP contribution is 2.17. The van der Waals surface area contributed by atoms with E-state index in [0.717, 1.165) is 5.56 Å². The molecule has 1 nitrogen and oxygen atoms in total. The molecular weight excluding hydrogens is 215 g/mol. The Morgan fingerprint density at radius 1 is 1.25 bits per heavy atom. The van der Waals surface area contributed by atoms with Crippen LogP contribution in [-0.4, -0.2) is 8.38 Å². The standard InChI is InChI=1S/C8H8Cl2OS/c1-6-2-4-7(5-3-6)12(11)8(9)10/h2-5,8H,1H3. The van der Waals surface area contributed by atoms with Gasteiger partial charge in [-0.05, 0) is 19.1 Å². The fourth-order valence-electron chi connectivity index (χ4n) is 0.775. The summed E-state index contributed by atoms with van der Waals surface area (Å²) in [6, 6.07) is 7.29. The van der Waals surface area contributed by atoms with Crippen LogP contribution in [0.15, 0.2) is 29.2 Å². The summed E-state index contributed by atoms with van der Waals surface area (Å²) in [5.41, 5.74) is 1.12. The Morgan fingerprint density at radius 3 is 2.17 bits per heavy atom. The lowest BCUT2D eigenvalue weighted by molar-refractivity contribution is 0.685. The van der Waals surface area contributed by atoms with E-state index in [0.29, 0.717) is 4.90 Å². The van der Waals surface area contributed by atoms with E-state index in [1.807, 2.05) is 19.1 Å². The maximum atomic E-state index is 11.3. The van der Waals surface area contributed by atoms with Crippen molar-refractivity contribution in [1.82, 2.24) is 0 Å². The summed E-state index contributed by atoms with van der Waals surface area (Å²) in [4.78, 5) is 0.663. The summed E-state index contributed by atoms with van der Waals surface area (Å²) in [7, 11) is -1.31. The van der Waals surface area contributed by atoms with Gasteiger partial charge in [-0.15, -0.1) is 0 Å². The Kier molecular flexibility index (Phi) is 3.56. The van der Waals surface area contributed by atoms with Crippen molar-refractivity contribution in [2.24, 2.45) is 0 Å². The van der Waals surface area contributed by atoms with Crippen LogP contribution >= 0.6 is 23.2 Å². The second-order valence-electron chi connectivity index (χ2n) is 2.37. The minimum Gasteiger partial charge on any atom is -0.252 e. The smallest absolute Gasteiger partial charge is 0.186 e. The Morgan fingerprint density at radius 2 is 1.75 bits per heavy atom. The van der Waals surface area contributed by atoms with Crippen molar-refractivity contribution in [1.29, 1.82) is 0 Å². The Labute approximate surface area is 84.1 Å². The Balaban J connectivity index is 2.90. The SMILES string of the molecule is Cc1ccc(S(=O)C(Cl)Cl)cc1. The van der Waals surface area contributed by atoms with E-state index >= 15 is 0 Å². The maximum Gasteiger partial charge on any atom is 0.186 e. The van der Waals surface area contributed by atoms with Crippen molar-refractivity contribution in [3.8, 4) is 0 Å². The third kappa shape index (κ3) is 2.47. The first-order valence-electron chi connectivity index (χ1n) is 3.36. The van der Waals surface area contributed by atoms with Gasteiger partial charge in [0.1, 0.15) is 0 Å². The van der Waals surface area contributed by atoms with Gasteiger partial charge in [0, 0.05) is 4.90 Å². The monoisotopic (exact) mass is 222 g/mol. The minimum atomic E-state index is -1.31. The van der Waals surface area contributed by atoms with Crippen LogP contribution in [0.3, 0.4) is 0 Å². The number of halogens is 2. The van der Waals surface area contributed by atoms with Gasteiger partial charge in [0.25, 0.3) is 0 Å². The second-order valence-corrected chi connectivity index (χ2v) is 5.52. The minimum absolute atomic E-state index is 0.663. The summed E-state index contributed by atoms with van der Waals surface area (Å²) in [6.45, 7) is 1.96. The molecule has 0 saturated carbocycles. The van der Waals surface area contributed by atoms with E-state index in [4.69, 9.17) is 23.2 Å². The molecule has 0 heterocycles. The predicted octanol–water partition coefficient (Wildman–Crippen LogP) is 2.86. The van der Waals surface area contributed by atoms with Crippen molar-refractivity contribution < 1.29 is 4.21 Å². The van der Waals surface area contributed by atoms with Gasteiger partial charge in [-0.2, -0.15) is 0 Å². The lowest BCUT2D eigenvalue weighted by atomic mass is 10.2. The van der Waals surface area contributed by atoms with Crippen LogP contribution < -0.4 is 0 Å². The Hall–Kier alpha value is -0.0500. The average Bonchev–Trinajstić information content (AvgIpc) is 2.04. The van der Waals surface area contributed by atoms with Crippen LogP contribution in [0.2, 0.25) is 0 Å². The average molecular weight is 223 g/mol. The number of benzene rings is 1. The molecule has 0 aliphatic carbocycles. The molecule has 1 rings (SSSR count). The van der Waals surface area contributed by atoms with Crippen LogP contribution in [0.4, 0.5) is 0 Å². The molecule has 0 saturated heterocycles. The highest BCUT2D eigenvalue weighted by Gasteiger charge is 2.10. The zero-order valence-electron chi connectivity index (χ0n) is 6.46. The van der Waals surface area contributed by atoms with Crippen molar-refractivity contribution in [2.75, 3.05) is 0 Å². The molecule has 0 bridgehead atoms. The molecule has 1 atom stereocenters. The molecule has 66 valence electrons. The number of rotatable bonds is 2. The molecular formula is C8H8Cl2OS. The highest BCUT2D eigenvalue weighted by molar-refractivity contribution is 7.88. The van der Waals surface area contributed by atoms with E-state index in [9.17, 15) is 4.21 Å². The third-order valence-corrected chi connectivity index (χ3v) is 3.45. The number of hydrogen-bond donors (Lipinski definition) is 0. The maximum absolute atomic E-state index is 11.3. The van der Waals surface area contributed by atoms with Crippen molar-refractivity contribution in [2.45, 2.75) is 16.0 Å². The normalized spacial score (nSPS) is 13.3. The molecule has 0 aliphatic rings. The van der Waals surface area contributed by atoms with Crippen LogP contribution in [0, 0.1) is 6.92 Å². The molecule has 0 spiro atoms. The summed E-state index contributed by atoms with van der Waals surface area (Å²) < 4.78 is 10.4. The van der Waals surface area contributed by atoms with Crippen molar-refractivity contribution in [3.63, 3.8) is 0 Å². The zero-order chi connectivity index (χ0) is 9.14. The van der Waals surface area contributed by atoms with E-state index < -0.39 is 15.0 Å². The van der Waals surface area contributed by atoms with E-state index in [1.54, 1.807) is 12.1 Å². The summed E-state index contributed by atoms with van der Waals surface area (Å²) in [6.07, 6.45) is 0. The van der Waals surface area contributed by atoms with Gasteiger partial charge in [-0.25, -0.2) is 0 Å². The van der Waals surface area contributed by atoms with E-state index in [-0.39, 0.29) is 0 Å². The molecule has 1 aromatic rings. The number of hydrogen-bond acceptors (Lipinski definition) is 1. The van der Waals surface area contributed by atoms with Crippen LogP contribution in [0.25, 0.3) is 0 Å². The fourth-order valence-corrected chi connectivity index (χ4v) is 2.00. The van der Waals surface area contributed by atoms with Gasteiger partial charge in [-0.1, -0.05) is 40.9 Å². The van der Waals surface area contributed by atoms with Gasteiger partial charge in [0.15, 0.2) is 4.17 Å². The molecule has 4 heteroatoms. The quantitative estimate of drug-likeness (QED) is 0.704. The topological polar surface area (TPSA) is 17.1 Å². The molecule has 0 aromatic heterocycles. The van der Waals surface area contributed by atoms with E-state index in [1.165, 1.54) is 0 Å². The summed E-state index contributed by atoms with van der Waals surface area (Å²) in [5, 5.41) is 0. The van der Waals surface area contributed by atoms with Gasteiger partial charge in [-0.3, -0.25) is 4.21 Å². The molecule has 0 amide bonds. The Bertz CT molecular complexity index is 282. The number of alkyl halides is 2. The zero-order valence-corrected chi connectivity index (χ0v) is 8.79. The van der Waals surface area contributed by atoms with Gasteiger partial charge in [0.05, 0.1) is 10.8 Å². The molecule has 1 unspecified atom stereocenters. The van der Waals surface area contributed by atoms with Gasteiger partial charge >= 0.3 is 0 Å². The molecule has 0 N–H and O–H groups in total. The molecule has 12 heavy (non-hydrogen) atoms. The van der Waals surface area contributed by atoms with Gasteiger partial charge < -0.3 is 0 Å². The molecule has 0 aliphatic heterocycles. The first kappa shape index (κ1) is 10.0. The first-order chi connectivity index (χ1) is 5.61. The summed E-state index contributed by atoms with van der Waals surface area (Å²) >= 11 is 10.9. The van der Waals surface area contributed by atoms with Crippen LogP contribution in [0.1, 0.15) is 5.56 Å². The van der Waals surface area contributed by atoms with Crippen molar-refractivity contribution in [3.05, 3.63) is 29.8 Å². The van der Waals surface area contributed by atoms with Crippen molar-refractivity contribution >= 4 is 34.0 Å². The molecule has 0 fully saturated rings. The molecule has 0 radical (unpaired) electrons. The third-order valence-electron chi connectivity index (χ3n) is 1.42. The van der Waals surface area contributed by atoms with Crippen LogP contribution in [0.5, 0.6) is 0 Å². The largest absolute Gasteiger partial charge is 0.252 e. The van der Waals surface area contributed by atoms with Crippen LogP contribution in [-0.2, 0) is 10.8 Å². The molecule has 1 aromatic carbocycles. The van der Waals surface area contributed by atoms with Gasteiger partial charge in [0.2, 0.25) is 0 Å².